The van der Waals surface area contributed by atoms with Gasteiger partial charge in [-0.1, -0.05) is 0 Å². The molecule has 0 aliphatic carbocycles. The maximum atomic E-state index is 12.4. The van der Waals surface area contributed by atoms with Crippen molar-refractivity contribution < 1.29 is 37.3 Å². The summed E-state index contributed by atoms with van der Waals surface area (Å²) in [7, 11) is -6.98. The van der Waals surface area contributed by atoms with Crippen LogP contribution < -0.4 is 0 Å². The Morgan fingerprint density at radius 3 is 2.44 bits per heavy atom. The van der Waals surface area contributed by atoms with Crippen molar-refractivity contribution in [2.45, 2.75) is 26.4 Å². The van der Waals surface area contributed by atoms with E-state index >= 15 is 0 Å². The van der Waals surface area contributed by atoms with Crippen LogP contribution in [0, 0.1) is 0 Å². The molecule has 108 valence electrons. The molecule has 0 spiro atoms. The first kappa shape index (κ1) is 17.3. The monoisotopic (exact) mass is 290 g/mol. The van der Waals surface area contributed by atoms with Gasteiger partial charge in [-0.3, -0.25) is 0 Å². The molecule has 9 heteroatoms. The van der Waals surface area contributed by atoms with Gasteiger partial charge in [-0.05, 0) is 0 Å². The Morgan fingerprint density at radius 1 is 1.44 bits per heavy atom. The molecule has 0 aromatic heterocycles. The van der Waals surface area contributed by atoms with E-state index in [1.54, 1.807) is 0 Å². The molecule has 0 aliphatic rings. The van der Waals surface area contributed by atoms with E-state index in [2.05, 4.69) is 9.26 Å². The van der Waals surface area contributed by atoms with Gasteiger partial charge in [0.25, 0.3) is 0 Å². The van der Waals surface area contributed by atoms with Gasteiger partial charge >= 0.3 is 102 Å². The first-order chi connectivity index (χ1) is 8.01. The number of halogens is 2. The Hall–Kier alpha value is -0.660. The van der Waals surface area contributed by atoms with E-state index in [1.165, 1.54) is 19.9 Å². The zero-order valence-electron chi connectivity index (χ0n) is 10.0. The van der Waals surface area contributed by atoms with Crippen LogP contribution in [-0.2, 0) is 14.1 Å². The molecule has 0 aromatic rings. The number of hydrogen-bond donors (Lipinski definition) is 3. The minimum atomic E-state index is -6.98. The topological polar surface area (TPSA) is 96.2 Å². The number of rotatable bonds is 7. The zero-order chi connectivity index (χ0) is 14.4. The summed E-state index contributed by atoms with van der Waals surface area (Å²) in [5.41, 5.74) is 0.146. The summed E-state index contributed by atoms with van der Waals surface area (Å²) in [6, 6.07) is 0. The Balaban J connectivity index is 4.25. The van der Waals surface area contributed by atoms with Crippen molar-refractivity contribution in [1.82, 2.24) is 0 Å². The Labute approximate surface area is 103 Å². The molecule has 0 bridgehead atoms. The second-order valence-corrected chi connectivity index (χ2v) is 5.38. The second-order valence-electron chi connectivity index (χ2n) is 3.66. The molecule has 0 fully saturated rings. The molecule has 18 heavy (non-hydrogen) atoms. The minimum absolute atomic E-state index is 0.118. The van der Waals surface area contributed by atoms with Gasteiger partial charge in [0.2, 0.25) is 0 Å². The van der Waals surface area contributed by atoms with Crippen molar-refractivity contribution in [2.24, 2.45) is 0 Å². The first-order valence-electron chi connectivity index (χ1n) is 5.10. The van der Waals surface area contributed by atoms with Gasteiger partial charge in [-0.25, -0.2) is 0 Å². The Morgan fingerprint density at radius 2 is 2.00 bits per heavy atom. The van der Waals surface area contributed by atoms with Gasteiger partial charge in [-0.2, -0.15) is 0 Å². The maximum absolute atomic E-state index is 12.4. The van der Waals surface area contributed by atoms with E-state index in [-0.39, 0.29) is 25.2 Å². The van der Waals surface area contributed by atoms with Crippen LogP contribution >= 0.6 is 7.91 Å². The Kier molecular flexibility index (Phi) is 6.25. The predicted octanol–water partition coefficient (Wildman–Crippen LogP) is 1.32. The van der Waals surface area contributed by atoms with Gasteiger partial charge in [0.1, 0.15) is 0 Å². The molecule has 0 saturated heterocycles. The SMILES string of the molecule is CC(=CCC(C)OP(O)(O)(F)F)C(=O)OCCO. The third kappa shape index (κ3) is 9.38. The fraction of sp³-hybridized carbons (Fsp3) is 0.667. The number of carbonyl (C=O) groups excluding carboxylic acids is 1. The predicted molar refractivity (Wildman–Crippen MR) is 60.5 cm³/mol. The van der Waals surface area contributed by atoms with Crippen molar-refractivity contribution in [3.63, 3.8) is 0 Å². The van der Waals surface area contributed by atoms with E-state index in [1.807, 2.05) is 0 Å². The van der Waals surface area contributed by atoms with Crippen LogP contribution in [0.15, 0.2) is 11.6 Å². The molecule has 0 heterocycles. The average molecular weight is 290 g/mol. The van der Waals surface area contributed by atoms with E-state index in [4.69, 9.17) is 14.9 Å². The van der Waals surface area contributed by atoms with E-state index in [0.29, 0.717) is 0 Å². The molecule has 3 N–H and O–H groups in total. The van der Waals surface area contributed by atoms with Crippen LogP contribution in [0.3, 0.4) is 0 Å². The van der Waals surface area contributed by atoms with Gasteiger partial charge in [0.15, 0.2) is 0 Å². The molecule has 1 atom stereocenters. The summed E-state index contributed by atoms with van der Waals surface area (Å²) in [6.45, 7) is 2.13. The van der Waals surface area contributed by atoms with Crippen LogP contribution in [-0.4, -0.2) is 40.2 Å². The van der Waals surface area contributed by atoms with Crippen LogP contribution in [0.5, 0.6) is 0 Å². The van der Waals surface area contributed by atoms with E-state index in [0.717, 1.165) is 0 Å². The van der Waals surface area contributed by atoms with Gasteiger partial charge in [-0.15, -0.1) is 0 Å². The number of ether oxygens (including phenoxy) is 1. The van der Waals surface area contributed by atoms with Crippen LogP contribution in [0.25, 0.3) is 0 Å². The summed E-state index contributed by atoms with van der Waals surface area (Å²) < 4.78 is 33.2. The molecule has 0 radical (unpaired) electrons. The average Bonchev–Trinajstić information content (AvgIpc) is 2.18. The number of carbonyl (C=O) groups is 1. The second kappa shape index (κ2) is 6.49. The zero-order valence-corrected chi connectivity index (χ0v) is 10.9. The summed E-state index contributed by atoms with van der Waals surface area (Å²) in [6.07, 6.45) is -0.0207. The summed E-state index contributed by atoms with van der Waals surface area (Å²) in [5, 5.41) is 8.42. The summed E-state index contributed by atoms with van der Waals surface area (Å²) >= 11 is 0. The number of aliphatic hydroxyl groups excluding tert-OH is 1. The molecule has 0 rings (SSSR count). The number of esters is 1. The summed E-state index contributed by atoms with van der Waals surface area (Å²) in [4.78, 5) is 27.7. The van der Waals surface area contributed by atoms with Crippen molar-refractivity contribution in [2.75, 3.05) is 13.2 Å². The molecular weight excluding hydrogens is 273 g/mol. The number of hydrogen-bond acceptors (Lipinski definition) is 6. The fourth-order valence-electron chi connectivity index (χ4n) is 1.02. The quantitative estimate of drug-likeness (QED) is 0.372. The van der Waals surface area contributed by atoms with E-state index < -0.39 is 20.0 Å². The third-order valence-corrected chi connectivity index (χ3v) is 2.46. The van der Waals surface area contributed by atoms with Crippen LogP contribution in [0.2, 0.25) is 0 Å². The Bertz CT molecular complexity index is 316. The van der Waals surface area contributed by atoms with Crippen LogP contribution in [0.1, 0.15) is 20.3 Å². The van der Waals surface area contributed by atoms with Gasteiger partial charge in [0.05, 0.1) is 0 Å². The van der Waals surface area contributed by atoms with Crippen molar-refractivity contribution >= 4 is 13.9 Å². The third-order valence-electron chi connectivity index (χ3n) is 1.76. The summed E-state index contributed by atoms with van der Waals surface area (Å²) in [5.74, 6) is -0.692. The molecule has 0 amide bonds. The van der Waals surface area contributed by atoms with Crippen molar-refractivity contribution in [3.8, 4) is 0 Å². The molecule has 0 saturated carbocycles. The molecule has 0 aliphatic heterocycles. The number of aliphatic hydroxyl groups is 1. The molecule has 0 aromatic carbocycles. The van der Waals surface area contributed by atoms with Gasteiger partial charge in [0, 0.05) is 0 Å². The molecule has 1 unspecified atom stereocenters. The van der Waals surface area contributed by atoms with Crippen LogP contribution in [0.4, 0.5) is 8.39 Å². The van der Waals surface area contributed by atoms with Crippen molar-refractivity contribution in [3.05, 3.63) is 11.6 Å². The molecule has 6 nitrogen and oxygen atoms in total. The van der Waals surface area contributed by atoms with Gasteiger partial charge < -0.3 is 0 Å². The van der Waals surface area contributed by atoms with Crippen molar-refractivity contribution in [1.29, 1.82) is 0 Å². The fourth-order valence-corrected chi connectivity index (χ4v) is 1.70. The standard InChI is InChI=1S/C9H17F2O6P/c1-7(9(13)16-6-5-12)3-4-8(2)17-18(10,11,14)15/h3,8,12,14-15H,4-6H2,1-2H3. The normalized spacial score (nSPS) is 16.8. The molecular formula is C9H17F2O6P. The van der Waals surface area contributed by atoms with E-state index in [9.17, 15) is 13.2 Å². The first-order valence-corrected chi connectivity index (χ1v) is 6.94.